The van der Waals surface area contributed by atoms with E-state index < -0.39 is 13.7 Å². The van der Waals surface area contributed by atoms with E-state index >= 15 is 0 Å². The van der Waals surface area contributed by atoms with Crippen LogP contribution in [0.15, 0.2) is 36.4 Å². The van der Waals surface area contributed by atoms with Crippen molar-refractivity contribution in [2.45, 2.75) is 140 Å². The number of ether oxygens (including phenoxy) is 6. The molecule has 0 spiro atoms. The van der Waals surface area contributed by atoms with Crippen LogP contribution in [0.3, 0.4) is 0 Å². The number of rotatable bonds is 13. The van der Waals surface area contributed by atoms with Gasteiger partial charge in [-0.05, 0) is 103 Å². The quantitative estimate of drug-likeness (QED) is 0.0946. The zero-order chi connectivity index (χ0) is 41.6. The van der Waals surface area contributed by atoms with E-state index in [9.17, 15) is 4.79 Å². The number of carbonyl (C=O) groups is 1. The Bertz CT molecular complexity index is 2160. The molecule has 0 radical (unpaired) electrons. The van der Waals surface area contributed by atoms with Crippen molar-refractivity contribution in [3.8, 4) is 23.5 Å². The van der Waals surface area contributed by atoms with Gasteiger partial charge in [0.25, 0.3) is 0 Å². The van der Waals surface area contributed by atoms with Crippen molar-refractivity contribution >= 4 is 41.9 Å². The van der Waals surface area contributed by atoms with Gasteiger partial charge < -0.3 is 33.3 Å². The van der Waals surface area contributed by atoms with Crippen LogP contribution in [0.4, 0.5) is 10.6 Å². The minimum Gasteiger partial charge on any atom is -0.465 e. The van der Waals surface area contributed by atoms with E-state index in [4.69, 9.17) is 43.4 Å². The molecule has 14 nitrogen and oxygen atoms in total. The van der Waals surface area contributed by atoms with Crippen molar-refractivity contribution in [1.29, 1.82) is 0 Å². The number of benzene rings is 2. The molecule has 324 valence electrons. The number of aromatic nitrogens is 4. The van der Waals surface area contributed by atoms with Gasteiger partial charge in [-0.15, -0.1) is 0 Å². The predicted octanol–water partition coefficient (Wildman–Crippen LogP) is 8.58. The number of amides is 1. The number of imidazole rings is 1. The summed E-state index contributed by atoms with van der Waals surface area (Å²) in [5.74, 6) is 1.95. The molecule has 2 aromatic carbocycles. The summed E-state index contributed by atoms with van der Waals surface area (Å²) in [5.41, 5.74) is 0.625. The van der Waals surface area contributed by atoms with E-state index in [1.54, 1.807) is 0 Å². The van der Waals surface area contributed by atoms with Gasteiger partial charge in [-0.25, -0.2) is 4.79 Å². The zero-order valence-electron chi connectivity index (χ0n) is 36.4. The average molecular weight is 842 g/mol. The molecule has 9 rings (SSSR count). The first-order valence-corrected chi connectivity index (χ1v) is 26.0. The molecular weight excluding hydrogens is 779 g/mol. The fourth-order valence-electron chi connectivity index (χ4n) is 9.76. The van der Waals surface area contributed by atoms with E-state index in [1.165, 1.54) is 12.8 Å². The number of anilines is 1. The molecule has 7 heterocycles. The van der Waals surface area contributed by atoms with Gasteiger partial charge in [0, 0.05) is 45.6 Å². The van der Waals surface area contributed by atoms with Crippen molar-refractivity contribution in [1.82, 2.24) is 29.3 Å². The Hall–Kier alpha value is -4.18. The highest BCUT2D eigenvalue weighted by atomic mass is 28.3. The van der Waals surface area contributed by atoms with Crippen LogP contribution in [0, 0.1) is 0 Å². The predicted molar refractivity (Wildman–Crippen MR) is 233 cm³/mol. The Morgan fingerprint density at radius 2 is 1.72 bits per heavy atom. The number of carbonyl (C=O) groups excluding carboxylic acids is 1. The molecule has 3 unspecified atom stereocenters. The zero-order valence-corrected chi connectivity index (χ0v) is 37.4. The van der Waals surface area contributed by atoms with Crippen LogP contribution in [0.5, 0.6) is 23.5 Å². The summed E-state index contributed by atoms with van der Waals surface area (Å²) in [6.07, 6.45) is 8.74. The van der Waals surface area contributed by atoms with Gasteiger partial charge in [-0.1, -0.05) is 43.9 Å². The molecule has 2 bridgehead atoms. The minimum absolute atomic E-state index is 0.0158. The van der Waals surface area contributed by atoms with Crippen LogP contribution < -0.4 is 19.1 Å². The number of piperazine rings is 1. The number of fused-ring (bicyclic) bond motifs is 5. The third-order valence-electron chi connectivity index (χ3n) is 12.8. The van der Waals surface area contributed by atoms with Crippen molar-refractivity contribution in [2.75, 3.05) is 50.9 Å². The van der Waals surface area contributed by atoms with E-state index in [-0.39, 0.29) is 36.7 Å². The SMILES string of the molecule is CC(C)(C)OC(=O)N1C2CCC1CN(c1nc(OCC34CCCN3CCC4)nc3c1nc(Oc1cc(OC4CCCCO4)cc4ccccc14)n3COCC[Si](C)(C)C)C2. The standard InChI is InChI=1S/C45H63N7O7Si/c1-44(2,3)59-43(53)52-32-16-17-33(52)28-49(27-32)39-38-40(48-41(47-39)56-29-45-18-11-20-50(45)21-12-19-45)51(30-54-23-24-60(4,5)6)42(46-38)58-36-26-34(57-37-15-9-10-22-55-37)25-31-13-7-8-14-35(31)36/h7-8,13-14,25-26,32-33,37H,9-12,15-24,27-30H2,1-6H3. The summed E-state index contributed by atoms with van der Waals surface area (Å²) in [7, 11) is -1.37. The molecule has 1 amide bonds. The highest BCUT2D eigenvalue weighted by molar-refractivity contribution is 6.76. The number of nitrogens with zero attached hydrogens (tertiary/aromatic N) is 7. The van der Waals surface area contributed by atoms with Crippen molar-refractivity contribution in [3.63, 3.8) is 0 Å². The highest BCUT2D eigenvalue weighted by Gasteiger charge is 2.47. The summed E-state index contributed by atoms with van der Waals surface area (Å²) in [4.78, 5) is 35.8. The molecule has 0 saturated carbocycles. The normalized spacial score (nSPS) is 23.1. The Balaban J connectivity index is 1.11. The van der Waals surface area contributed by atoms with Crippen molar-refractivity contribution in [3.05, 3.63) is 36.4 Å². The third kappa shape index (κ3) is 8.77. The second-order valence-corrected chi connectivity index (χ2v) is 25.3. The molecule has 5 aliphatic heterocycles. The van der Waals surface area contributed by atoms with Gasteiger partial charge in [-0.3, -0.25) is 14.4 Å². The van der Waals surface area contributed by atoms with E-state index in [0.717, 1.165) is 74.9 Å². The summed E-state index contributed by atoms with van der Waals surface area (Å²) in [6.45, 7) is 18.2. The van der Waals surface area contributed by atoms with Crippen LogP contribution in [-0.4, -0.2) is 119 Å². The first kappa shape index (κ1) is 41.2. The van der Waals surface area contributed by atoms with Gasteiger partial charge in [0.15, 0.2) is 23.3 Å². The molecule has 3 atom stereocenters. The summed E-state index contributed by atoms with van der Waals surface area (Å²) in [6, 6.07) is 13.7. The second kappa shape index (κ2) is 16.6. The molecule has 5 aliphatic rings. The first-order chi connectivity index (χ1) is 28.8. The molecule has 5 saturated heterocycles. The van der Waals surface area contributed by atoms with E-state index in [2.05, 4.69) is 41.6 Å². The largest absolute Gasteiger partial charge is 0.465 e. The number of hydrogen-bond acceptors (Lipinski definition) is 12. The lowest BCUT2D eigenvalue weighted by Crippen LogP contribution is -2.57. The van der Waals surface area contributed by atoms with E-state index in [1.807, 2.05) is 54.5 Å². The monoisotopic (exact) mass is 841 g/mol. The fourth-order valence-corrected chi connectivity index (χ4v) is 10.5. The maximum atomic E-state index is 13.5. The Morgan fingerprint density at radius 1 is 0.950 bits per heavy atom. The van der Waals surface area contributed by atoms with Crippen LogP contribution in [0.2, 0.25) is 25.7 Å². The lowest BCUT2D eigenvalue weighted by Gasteiger charge is -2.41. The Kier molecular flexibility index (Phi) is 11.4. The Morgan fingerprint density at radius 3 is 2.43 bits per heavy atom. The third-order valence-corrected chi connectivity index (χ3v) is 14.5. The average Bonchev–Trinajstić information content (AvgIpc) is 3.95. The van der Waals surface area contributed by atoms with Crippen LogP contribution in [0.1, 0.15) is 78.6 Å². The maximum absolute atomic E-state index is 13.5. The van der Waals surface area contributed by atoms with Crippen LogP contribution in [-0.2, 0) is 20.9 Å². The second-order valence-electron chi connectivity index (χ2n) is 19.7. The highest BCUT2D eigenvalue weighted by Crippen LogP contribution is 2.42. The fraction of sp³-hybridized carbons (Fsp3) is 0.644. The molecule has 2 aromatic heterocycles. The van der Waals surface area contributed by atoms with Crippen molar-refractivity contribution in [2.24, 2.45) is 0 Å². The first-order valence-electron chi connectivity index (χ1n) is 22.3. The topological polar surface area (TPSA) is 126 Å². The van der Waals surface area contributed by atoms with Gasteiger partial charge in [0.1, 0.15) is 30.4 Å². The molecule has 4 aromatic rings. The molecule has 15 heteroatoms. The summed E-state index contributed by atoms with van der Waals surface area (Å²) >= 11 is 0. The Labute approximate surface area is 354 Å². The summed E-state index contributed by atoms with van der Waals surface area (Å²) in [5, 5.41) is 1.91. The van der Waals surface area contributed by atoms with Crippen molar-refractivity contribution < 1.29 is 33.2 Å². The lowest BCUT2D eigenvalue weighted by molar-refractivity contribution is -0.105. The molecule has 0 N–H and O–H groups in total. The van der Waals surface area contributed by atoms with Gasteiger partial charge in [0.2, 0.25) is 0 Å². The number of hydrogen-bond donors (Lipinski definition) is 0. The van der Waals surface area contributed by atoms with Gasteiger partial charge in [-0.2, -0.15) is 15.0 Å². The molecule has 60 heavy (non-hydrogen) atoms. The maximum Gasteiger partial charge on any atom is 0.410 e. The molecule has 5 fully saturated rings. The smallest absolute Gasteiger partial charge is 0.410 e. The molecule has 0 aliphatic carbocycles. The van der Waals surface area contributed by atoms with Crippen LogP contribution in [0.25, 0.3) is 21.9 Å². The van der Waals surface area contributed by atoms with Gasteiger partial charge >= 0.3 is 18.1 Å². The van der Waals surface area contributed by atoms with Crippen LogP contribution >= 0.6 is 0 Å². The van der Waals surface area contributed by atoms with E-state index in [0.29, 0.717) is 73.4 Å². The lowest BCUT2D eigenvalue weighted by atomic mass is 9.95. The van der Waals surface area contributed by atoms with Gasteiger partial charge in [0.05, 0.1) is 24.2 Å². The molecular formula is C45H63N7O7Si. The summed E-state index contributed by atoms with van der Waals surface area (Å²) < 4.78 is 40.2. The minimum atomic E-state index is -1.37.